The van der Waals surface area contributed by atoms with E-state index in [1.54, 1.807) is 0 Å². The van der Waals surface area contributed by atoms with Gasteiger partial charge in [0.05, 0.1) is 5.92 Å². The molecule has 1 rings (SSSR count). The molecule has 1 saturated carbocycles. The maximum absolute atomic E-state index is 12.8. The number of carbonyl (C=O) groups is 1. The van der Waals surface area contributed by atoms with Gasteiger partial charge >= 0.3 is 6.18 Å². The Bertz CT molecular complexity index is 269. The van der Waals surface area contributed by atoms with Gasteiger partial charge in [-0.2, -0.15) is 13.2 Å². The summed E-state index contributed by atoms with van der Waals surface area (Å²) in [6.07, 6.45) is -2.57. The van der Waals surface area contributed by atoms with E-state index in [1.807, 2.05) is 6.92 Å². The Hall–Kier alpha value is -0.780. The van der Waals surface area contributed by atoms with Gasteiger partial charge < -0.3 is 10.6 Å². The van der Waals surface area contributed by atoms with Crippen molar-refractivity contribution in [2.24, 2.45) is 11.8 Å². The van der Waals surface area contributed by atoms with E-state index in [9.17, 15) is 18.0 Å². The lowest BCUT2D eigenvalue weighted by Crippen LogP contribution is -2.44. The molecule has 0 spiro atoms. The van der Waals surface area contributed by atoms with E-state index in [1.165, 1.54) is 0 Å². The topological polar surface area (TPSA) is 41.1 Å². The summed E-state index contributed by atoms with van der Waals surface area (Å²) in [4.78, 5) is 11.8. The molecular weight excluding hydrogens is 245 g/mol. The summed E-state index contributed by atoms with van der Waals surface area (Å²) in [5.41, 5.74) is 0. The van der Waals surface area contributed by atoms with Crippen LogP contribution in [0.1, 0.15) is 32.6 Å². The van der Waals surface area contributed by atoms with E-state index in [0.29, 0.717) is 32.4 Å². The fourth-order valence-electron chi connectivity index (χ4n) is 2.42. The van der Waals surface area contributed by atoms with Crippen molar-refractivity contribution in [3.8, 4) is 0 Å². The van der Waals surface area contributed by atoms with Crippen LogP contribution in [0.5, 0.6) is 0 Å². The maximum Gasteiger partial charge on any atom is 0.392 e. The van der Waals surface area contributed by atoms with E-state index in [0.717, 1.165) is 6.54 Å². The van der Waals surface area contributed by atoms with Crippen LogP contribution in [-0.2, 0) is 4.79 Å². The van der Waals surface area contributed by atoms with Crippen LogP contribution in [0.3, 0.4) is 0 Å². The number of rotatable bonds is 5. The molecule has 0 saturated heterocycles. The molecule has 2 atom stereocenters. The molecule has 2 unspecified atom stereocenters. The molecule has 1 aliphatic rings. The Labute approximate surface area is 106 Å². The molecule has 6 heteroatoms. The van der Waals surface area contributed by atoms with Gasteiger partial charge in [0.25, 0.3) is 0 Å². The Balaban J connectivity index is 2.47. The minimum Gasteiger partial charge on any atom is -0.355 e. The lowest BCUT2D eigenvalue weighted by Gasteiger charge is -2.32. The fourth-order valence-corrected chi connectivity index (χ4v) is 2.42. The summed E-state index contributed by atoms with van der Waals surface area (Å²) < 4.78 is 38.4. The molecule has 0 bridgehead atoms. The first-order valence-electron chi connectivity index (χ1n) is 6.52. The second-order valence-corrected chi connectivity index (χ2v) is 4.68. The summed E-state index contributed by atoms with van der Waals surface area (Å²) in [6.45, 7) is 3.69. The number of alkyl halides is 3. The highest BCUT2D eigenvalue weighted by Gasteiger charge is 2.47. The molecule has 106 valence electrons. The van der Waals surface area contributed by atoms with Gasteiger partial charge in [-0.25, -0.2) is 0 Å². The Morgan fingerprint density at radius 3 is 2.50 bits per heavy atom. The van der Waals surface area contributed by atoms with Crippen molar-refractivity contribution in [2.45, 2.75) is 38.8 Å². The lowest BCUT2D eigenvalue weighted by atomic mass is 9.78. The largest absolute Gasteiger partial charge is 0.392 e. The zero-order chi connectivity index (χ0) is 13.6. The monoisotopic (exact) mass is 266 g/mol. The van der Waals surface area contributed by atoms with Crippen LogP contribution in [0.4, 0.5) is 13.2 Å². The first-order chi connectivity index (χ1) is 8.46. The zero-order valence-corrected chi connectivity index (χ0v) is 10.6. The average molecular weight is 266 g/mol. The first-order valence-corrected chi connectivity index (χ1v) is 6.52. The fraction of sp³-hybridized carbons (Fsp3) is 0.917. The molecule has 2 N–H and O–H groups in total. The number of nitrogens with one attached hydrogen (secondary N) is 2. The van der Waals surface area contributed by atoms with Crippen LogP contribution in [0.15, 0.2) is 0 Å². The molecule has 0 aromatic heterocycles. The van der Waals surface area contributed by atoms with Crippen molar-refractivity contribution in [3.05, 3.63) is 0 Å². The molecule has 1 amide bonds. The summed E-state index contributed by atoms with van der Waals surface area (Å²) >= 11 is 0. The van der Waals surface area contributed by atoms with Gasteiger partial charge in [-0.05, 0) is 19.4 Å². The van der Waals surface area contributed by atoms with Crippen molar-refractivity contribution in [1.82, 2.24) is 10.6 Å². The first kappa shape index (κ1) is 15.3. The van der Waals surface area contributed by atoms with Crippen molar-refractivity contribution < 1.29 is 18.0 Å². The highest BCUT2D eigenvalue weighted by Crippen LogP contribution is 2.41. The van der Waals surface area contributed by atoms with Gasteiger partial charge in [-0.1, -0.05) is 19.8 Å². The van der Waals surface area contributed by atoms with Gasteiger partial charge in [-0.15, -0.1) is 0 Å². The molecule has 0 heterocycles. The number of hydrogen-bond acceptors (Lipinski definition) is 2. The minimum absolute atomic E-state index is 0.0782. The molecule has 0 aliphatic heterocycles. The second-order valence-electron chi connectivity index (χ2n) is 4.68. The van der Waals surface area contributed by atoms with Crippen molar-refractivity contribution in [1.29, 1.82) is 0 Å². The highest BCUT2D eigenvalue weighted by atomic mass is 19.4. The van der Waals surface area contributed by atoms with Crippen LogP contribution in [0, 0.1) is 11.8 Å². The lowest BCUT2D eigenvalue weighted by molar-refractivity contribution is -0.198. The van der Waals surface area contributed by atoms with Gasteiger partial charge in [0.1, 0.15) is 0 Å². The third-order valence-electron chi connectivity index (χ3n) is 3.37. The number of hydrogen-bond donors (Lipinski definition) is 2. The smallest absolute Gasteiger partial charge is 0.355 e. The Morgan fingerprint density at radius 1 is 1.22 bits per heavy atom. The molecule has 0 aromatic rings. The predicted molar refractivity (Wildman–Crippen MR) is 63.1 cm³/mol. The second kappa shape index (κ2) is 6.97. The van der Waals surface area contributed by atoms with E-state index in [-0.39, 0.29) is 6.42 Å². The standard InChI is InChI=1S/C12H21F3N2O/c1-2-16-7-8-17-11(18)9-5-3-4-6-10(9)12(13,14)15/h9-10,16H,2-8H2,1H3,(H,17,18). The summed E-state index contributed by atoms with van der Waals surface area (Å²) in [5.74, 6) is -2.82. The highest BCUT2D eigenvalue weighted by molar-refractivity contribution is 5.79. The summed E-state index contributed by atoms with van der Waals surface area (Å²) in [7, 11) is 0. The molecule has 18 heavy (non-hydrogen) atoms. The molecule has 1 fully saturated rings. The van der Waals surface area contributed by atoms with Gasteiger partial charge in [0.15, 0.2) is 0 Å². The maximum atomic E-state index is 12.8. The van der Waals surface area contributed by atoms with E-state index >= 15 is 0 Å². The Morgan fingerprint density at radius 2 is 1.89 bits per heavy atom. The average Bonchev–Trinajstić information content (AvgIpc) is 2.33. The minimum atomic E-state index is -4.26. The third kappa shape index (κ3) is 4.48. The van der Waals surface area contributed by atoms with Crippen LogP contribution in [0.2, 0.25) is 0 Å². The number of carbonyl (C=O) groups excluding carboxylic acids is 1. The predicted octanol–water partition coefficient (Wildman–Crippen LogP) is 2.08. The third-order valence-corrected chi connectivity index (χ3v) is 3.37. The zero-order valence-electron chi connectivity index (χ0n) is 10.6. The quantitative estimate of drug-likeness (QED) is 0.748. The number of halogens is 3. The molecular formula is C12H21F3N2O. The molecule has 0 aromatic carbocycles. The van der Waals surface area contributed by atoms with Crippen molar-refractivity contribution >= 4 is 5.91 Å². The normalized spacial score (nSPS) is 24.9. The van der Waals surface area contributed by atoms with Crippen molar-refractivity contribution in [2.75, 3.05) is 19.6 Å². The number of likely N-dealkylation sites (N-methyl/N-ethyl adjacent to an activating group) is 1. The van der Waals surface area contributed by atoms with Gasteiger partial charge in [-0.3, -0.25) is 4.79 Å². The summed E-state index contributed by atoms with van der Waals surface area (Å²) in [5, 5.41) is 5.60. The van der Waals surface area contributed by atoms with Crippen molar-refractivity contribution in [3.63, 3.8) is 0 Å². The van der Waals surface area contributed by atoms with Gasteiger partial charge in [0, 0.05) is 19.0 Å². The Kier molecular flexibility index (Phi) is 5.91. The molecule has 1 aliphatic carbocycles. The van der Waals surface area contributed by atoms with Gasteiger partial charge in [0.2, 0.25) is 5.91 Å². The SMILES string of the molecule is CCNCCNC(=O)C1CCCCC1C(F)(F)F. The van der Waals surface area contributed by atoms with Crippen LogP contribution in [0.25, 0.3) is 0 Å². The molecule has 3 nitrogen and oxygen atoms in total. The van der Waals surface area contributed by atoms with E-state index < -0.39 is 23.9 Å². The van der Waals surface area contributed by atoms with E-state index in [4.69, 9.17) is 0 Å². The molecule has 0 radical (unpaired) electrons. The van der Waals surface area contributed by atoms with Crippen LogP contribution >= 0.6 is 0 Å². The van der Waals surface area contributed by atoms with E-state index in [2.05, 4.69) is 10.6 Å². The summed E-state index contributed by atoms with van der Waals surface area (Å²) in [6, 6.07) is 0. The van der Waals surface area contributed by atoms with Crippen LogP contribution in [-0.4, -0.2) is 31.7 Å². The number of amides is 1. The van der Waals surface area contributed by atoms with Crippen LogP contribution < -0.4 is 10.6 Å².